The summed E-state index contributed by atoms with van der Waals surface area (Å²) in [4.78, 5) is 7.29. The van der Waals surface area contributed by atoms with Gasteiger partial charge in [-0.1, -0.05) is 32.5 Å². The normalized spacial score (nSPS) is 16.6. The Bertz CT molecular complexity index is 261. The number of aromatic amines is 1. The second-order valence-electron chi connectivity index (χ2n) is 4.66. The summed E-state index contributed by atoms with van der Waals surface area (Å²) in [6.45, 7) is 8.66. The third kappa shape index (κ3) is 3.03. The quantitative estimate of drug-likeness (QED) is 0.757. The standard InChI is InChI=1S/C10H19N3S/c1-7(11)8(10(2,3)4)14-9-12-5-6-13-9/h5-8H,11H2,1-4H3,(H,12,13). The van der Waals surface area contributed by atoms with Crippen LogP contribution in [0.25, 0.3) is 0 Å². The van der Waals surface area contributed by atoms with E-state index < -0.39 is 0 Å². The molecule has 0 aromatic carbocycles. The molecule has 0 fully saturated rings. The molecule has 3 nitrogen and oxygen atoms in total. The number of nitrogens with zero attached hydrogens (tertiary/aromatic N) is 1. The molecular weight excluding hydrogens is 194 g/mol. The van der Waals surface area contributed by atoms with E-state index in [1.165, 1.54) is 0 Å². The third-order valence-electron chi connectivity index (χ3n) is 2.04. The van der Waals surface area contributed by atoms with E-state index in [-0.39, 0.29) is 11.5 Å². The zero-order valence-corrected chi connectivity index (χ0v) is 10.1. The van der Waals surface area contributed by atoms with Gasteiger partial charge in [0.25, 0.3) is 0 Å². The summed E-state index contributed by atoms with van der Waals surface area (Å²) in [5.41, 5.74) is 6.16. The number of nitrogens with two attached hydrogens (primary N) is 1. The molecule has 0 amide bonds. The highest BCUT2D eigenvalue weighted by atomic mass is 32.2. The highest BCUT2D eigenvalue weighted by Crippen LogP contribution is 2.35. The molecule has 2 atom stereocenters. The fraction of sp³-hybridized carbons (Fsp3) is 0.700. The molecule has 14 heavy (non-hydrogen) atoms. The zero-order chi connectivity index (χ0) is 10.8. The van der Waals surface area contributed by atoms with E-state index in [1.807, 2.05) is 13.1 Å². The predicted molar refractivity (Wildman–Crippen MR) is 61.3 cm³/mol. The van der Waals surface area contributed by atoms with Gasteiger partial charge < -0.3 is 10.7 Å². The molecule has 3 N–H and O–H groups in total. The minimum atomic E-state index is 0.157. The molecule has 2 unspecified atom stereocenters. The number of hydrogen-bond acceptors (Lipinski definition) is 3. The number of thioether (sulfide) groups is 1. The Hall–Kier alpha value is -0.480. The Morgan fingerprint density at radius 2 is 2.14 bits per heavy atom. The van der Waals surface area contributed by atoms with Crippen molar-refractivity contribution in [1.82, 2.24) is 9.97 Å². The van der Waals surface area contributed by atoms with Gasteiger partial charge in [-0.2, -0.15) is 0 Å². The summed E-state index contributed by atoms with van der Waals surface area (Å²) in [6.07, 6.45) is 3.60. The van der Waals surface area contributed by atoms with Crippen molar-refractivity contribution in [2.75, 3.05) is 0 Å². The molecule has 0 spiro atoms. The summed E-state index contributed by atoms with van der Waals surface area (Å²) in [5.74, 6) is 0. The van der Waals surface area contributed by atoms with E-state index in [0.717, 1.165) is 5.16 Å². The summed E-state index contributed by atoms with van der Waals surface area (Å²) in [6, 6.07) is 0.157. The van der Waals surface area contributed by atoms with Crippen LogP contribution in [0.2, 0.25) is 0 Å². The van der Waals surface area contributed by atoms with Crippen molar-refractivity contribution >= 4 is 11.8 Å². The molecular formula is C10H19N3S. The second kappa shape index (κ2) is 4.36. The molecule has 80 valence electrons. The summed E-state index contributed by atoms with van der Waals surface area (Å²) in [7, 11) is 0. The lowest BCUT2D eigenvalue weighted by Gasteiger charge is -2.32. The highest BCUT2D eigenvalue weighted by molar-refractivity contribution is 7.99. The first-order valence-electron chi connectivity index (χ1n) is 4.83. The number of H-pyrrole nitrogens is 1. The van der Waals surface area contributed by atoms with Crippen LogP contribution in [0.4, 0.5) is 0 Å². The molecule has 1 rings (SSSR count). The van der Waals surface area contributed by atoms with E-state index >= 15 is 0 Å². The molecule has 4 heteroatoms. The van der Waals surface area contributed by atoms with Crippen molar-refractivity contribution in [2.24, 2.45) is 11.1 Å². The molecule has 1 heterocycles. The summed E-state index contributed by atoms with van der Waals surface area (Å²) in [5, 5.41) is 1.32. The number of imidazole rings is 1. The van der Waals surface area contributed by atoms with Crippen LogP contribution < -0.4 is 5.73 Å². The van der Waals surface area contributed by atoms with Gasteiger partial charge in [-0.25, -0.2) is 4.98 Å². The average Bonchev–Trinajstić information content (AvgIpc) is 2.48. The van der Waals surface area contributed by atoms with Crippen LogP contribution in [0.1, 0.15) is 27.7 Å². The zero-order valence-electron chi connectivity index (χ0n) is 9.24. The van der Waals surface area contributed by atoms with Gasteiger partial charge in [-0.05, 0) is 12.3 Å². The van der Waals surface area contributed by atoms with Gasteiger partial charge in [0.05, 0.1) is 0 Å². The maximum Gasteiger partial charge on any atom is 0.165 e. The average molecular weight is 213 g/mol. The molecule has 1 aromatic heterocycles. The molecule has 0 aliphatic carbocycles. The minimum Gasteiger partial charge on any atom is -0.340 e. The molecule has 0 saturated heterocycles. The molecule has 1 aromatic rings. The Morgan fingerprint density at radius 1 is 1.50 bits per heavy atom. The van der Waals surface area contributed by atoms with Gasteiger partial charge in [0, 0.05) is 23.7 Å². The maximum atomic E-state index is 5.98. The van der Waals surface area contributed by atoms with Crippen LogP contribution in [-0.4, -0.2) is 21.3 Å². The van der Waals surface area contributed by atoms with E-state index in [4.69, 9.17) is 5.73 Å². The van der Waals surface area contributed by atoms with E-state index in [9.17, 15) is 0 Å². The molecule has 0 bridgehead atoms. The first kappa shape index (κ1) is 11.6. The number of nitrogens with one attached hydrogen (secondary N) is 1. The van der Waals surface area contributed by atoms with Crippen LogP contribution >= 0.6 is 11.8 Å². The van der Waals surface area contributed by atoms with Gasteiger partial charge >= 0.3 is 0 Å². The minimum absolute atomic E-state index is 0.157. The smallest absolute Gasteiger partial charge is 0.165 e. The largest absolute Gasteiger partial charge is 0.340 e. The molecule has 0 aliphatic rings. The van der Waals surface area contributed by atoms with Crippen molar-refractivity contribution in [1.29, 1.82) is 0 Å². The van der Waals surface area contributed by atoms with Gasteiger partial charge in [-0.15, -0.1) is 0 Å². The van der Waals surface area contributed by atoms with Crippen LogP contribution in [0.3, 0.4) is 0 Å². The van der Waals surface area contributed by atoms with Gasteiger partial charge in [0.15, 0.2) is 5.16 Å². The lowest BCUT2D eigenvalue weighted by Crippen LogP contribution is -2.38. The van der Waals surface area contributed by atoms with Crippen molar-refractivity contribution in [3.8, 4) is 0 Å². The van der Waals surface area contributed by atoms with Crippen LogP contribution in [-0.2, 0) is 0 Å². The Kier molecular flexibility index (Phi) is 3.61. The Balaban J connectivity index is 2.71. The Morgan fingerprint density at radius 3 is 2.50 bits per heavy atom. The molecule has 0 aliphatic heterocycles. The second-order valence-corrected chi connectivity index (χ2v) is 5.79. The van der Waals surface area contributed by atoms with Crippen molar-refractivity contribution < 1.29 is 0 Å². The fourth-order valence-corrected chi connectivity index (χ4v) is 2.57. The Labute approximate surface area is 89.9 Å². The summed E-state index contributed by atoms with van der Waals surface area (Å²) < 4.78 is 0. The van der Waals surface area contributed by atoms with Crippen molar-refractivity contribution in [3.05, 3.63) is 12.4 Å². The van der Waals surface area contributed by atoms with Gasteiger partial charge in [0.1, 0.15) is 0 Å². The van der Waals surface area contributed by atoms with E-state index in [0.29, 0.717) is 5.25 Å². The first-order chi connectivity index (χ1) is 6.41. The number of aromatic nitrogens is 2. The fourth-order valence-electron chi connectivity index (χ4n) is 1.51. The van der Waals surface area contributed by atoms with Crippen LogP contribution in [0.5, 0.6) is 0 Å². The first-order valence-corrected chi connectivity index (χ1v) is 5.71. The van der Waals surface area contributed by atoms with Crippen molar-refractivity contribution in [3.63, 3.8) is 0 Å². The number of hydrogen-bond donors (Lipinski definition) is 2. The third-order valence-corrected chi connectivity index (χ3v) is 3.88. The maximum absolute atomic E-state index is 5.98. The highest BCUT2D eigenvalue weighted by Gasteiger charge is 2.29. The topological polar surface area (TPSA) is 54.7 Å². The van der Waals surface area contributed by atoms with E-state index in [1.54, 1.807) is 18.0 Å². The van der Waals surface area contributed by atoms with Crippen LogP contribution in [0.15, 0.2) is 17.6 Å². The van der Waals surface area contributed by atoms with Crippen LogP contribution in [0, 0.1) is 5.41 Å². The predicted octanol–water partition coefficient (Wildman–Crippen LogP) is 2.26. The summed E-state index contributed by atoms with van der Waals surface area (Å²) >= 11 is 1.72. The lowest BCUT2D eigenvalue weighted by atomic mass is 9.88. The van der Waals surface area contributed by atoms with Crippen molar-refractivity contribution in [2.45, 2.75) is 44.1 Å². The SMILES string of the molecule is CC(N)C(Sc1ncc[nH]1)C(C)(C)C. The lowest BCUT2D eigenvalue weighted by molar-refractivity contribution is 0.363. The monoisotopic (exact) mass is 213 g/mol. The molecule has 0 saturated carbocycles. The molecule has 0 radical (unpaired) electrons. The van der Waals surface area contributed by atoms with Gasteiger partial charge in [-0.3, -0.25) is 0 Å². The van der Waals surface area contributed by atoms with Gasteiger partial charge in [0.2, 0.25) is 0 Å². The number of rotatable bonds is 3. The van der Waals surface area contributed by atoms with E-state index in [2.05, 4.69) is 30.7 Å².